The topological polar surface area (TPSA) is 92.8 Å². The van der Waals surface area contributed by atoms with Gasteiger partial charge < -0.3 is 15.0 Å². The highest BCUT2D eigenvalue weighted by atomic mass is 32.2. The number of para-hydroxylation sites is 3. The second kappa shape index (κ2) is 7.79. The molecular weight excluding hydrogens is 368 g/mol. The Labute approximate surface area is 157 Å². The van der Waals surface area contributed by atoms with Crippen LogP contribution in [-0.2, 0) is 19.4 Å². The number of rotatable bonds is 6. The van der Waals surface area contributed by atoms with Crippen molar-refractivity contribution in [1.82, 2.24) is 0 Å². The summed E-state index contributed by atoms with van der Waals surface area (Å²) in [5.41, 5.74) is 0.869. The molecule has 0 fully saturated rings. The number of ether oxygens (including phenoxy) is 1. The van der Waals surface area contributed by atoms with Gasteiger partial charge in [-0.3, -0.25) is 9.59 Å². The minimum Gasteiger partial charge on any atom is -0.482 e. The largest absolute Gasteiger partial charge is 0.482 e. The third-order valence-corrected chi connectivity index (χ3v) is 6.03. The maximum Gasteiger partial charge on any atom is 0.265 e. The van der Waals surface area contributed by atoms with Crippen LogP contribution >= 0.6 is 0 Å². The highest BCUT2D eigenvalue weighted by molar-refractivity contribution is 7.91. The summed E-state index contributed by atoms with van der Waals surface area (Å²) < 4.78 is 29.7. The van der Waals surface area contributed by atoms with Crippen LogP contribution in [0.5, 0.6) is 5.75 Å². The van der Waals surface area contributed by atoms with Crippen LogP contribution in [0.25, 0.3) is 0 Å². The Hall–Kier alpha value is -2.87. The number of anilines is 2. The van der Waals surface area contributed by atoms with Crippen molar-refractivity contribution in [1.29, 1.82) is 0 Å². The highest BCUT2D eigenvalue weighted by Crippen LogP contribution is 2.31. The third-order valence-electron chi connectivity index (χ3n) is 4.25. The van der Waals surface area contributed by atoms with Crippen molar-refractivity contribution in [2.45, 2.75) is 18.2 Å². The molecule has 2 aromatic rings. The van der Waals surface area contributed by atoms with Gasteiger partial charge in [0, 0.05) is 13.0 Å². The molecule has 1 aliphatic rings. The van der Waals surface area contributed by atoms with Gasteiger partial charge in [-0.2, -0.15) is 0 Å². The first kappa shape index (κ1) is 18.9. The average molecular weight is 388 g/mol. The molecule has 0 atom stereocenters. The van der Waals surface area contributed by atoms with Crippen molar-refractivity contribution in [3.8, 4) is 5.75 Å². The second-order valence-electron chi connectivity index (χ2n) is 6.00. The van der Waals surface area contributed by atoms with E-state index in [0.717, 1.165) is 0 Å². The van der Waals surface area contributed by atoms with Crippen LogP contribution in [0, 0.1) is 0 Å². The lowest BCUT2D eigenvalue weighted by molar-refractivity contribution is -0.121. The first-order chi connectivity index (χ1) is 12.9. The van der Waals surface area contributed by atoms with E-state index in [2.05, 4.69) is 5.32 Å². The van der Waals surface area contributed by atoms with Gasteiger partial charge in [0.05, 0.1) is 22.0 Å². The lowest BCUT2D eigenvalue weighted by Gasteiger charge is -2.29. The van der Waals surface area contributed by atoms with Gasteiger partial charge in [0.15, 0.2) is 16.4 Å². The number of hydrogen-bond acceptors (Lipinski definition) is 5. The van der Waals surface area contributed by atoms with Crippen LogP contribution in [0.2, 0.25) is 0 Å². The van der Waals surface area contributed by atoms with Gasteiger partial charge in [0.2, 0.25) is 5.91 Å². The molecule has 2 amide bonds. The SMILES string of the molecule is CCS(=O)(=O)c1ccccc1NC(=O)CCN1C(=O)COc2ccccc21. The zero-order chi connectivity index (χ0) is 19.4. The third kappa shape index (κ3) is 4.11. The molecule has 8 heteroatoms. The molecule has 27 heavy (non-hydrogen) atoms. The smallest absolute Gasteiger partial charge is 0.265 e. The molecule has 1 N–H and O–H groups in total. The van der Waals surface area contributed by atoms with E-state index >= 15 is 0 Å². The molecule has 2 aromatic carbocycles. The summed E-state index contributed by atoms with van der Waals surface area (Å²) in [7, 11) is -3.45. The summed E-state index contributed by atoms with van der Waals surface area (Å²) in [5, 5.41) is 2.64. The predicted molar refractivity (Wildman–Crippen MR) is 102 cm³/mol. The molecule has 0 aromatic heterocycles. The molecule has 142 valence electrons. The van der Waals surface area contributed by atoms with Crippen LogP contribution in [-0.4, -0.2) is 39.1 Å². The maximum atomic E-state index is 12.4. The summed E-state index contributed by atoms with van der Waals surface area (Å²) in [6, 6.07) is 13.4. The lowest BCUT2D eigenvalue weighted by atomic mass is 10.2. The summed E-state index contributed by atoms with van der Waals surface area (Å²) in [6.45, 7) is 1.65. The molecule has 0 bridgehead atoms. The predicted octanol–water partition coefficient (Wildman–Crippen LogP) is 2.23. The number of amides is 2. The Morgan fingerprint density at radius 3 is 2.63 bits per heavy atom. The highest BCUT2D eigenvalue weighted by Gasteiger charge is 2.25. The Morgan fingerprint density at radius 1 is 1.15 bits per heavy atom. The first-order valence-corrected chi connectivity index (χ1v) is 10.2. The lowest BCUT2D eigenvalue weighted by Crippen LogP contribution is -2.40. The van der Waals surface area contributed by atoms with E-state index in [0.29, 0.717) is 11.4 Å². The van der Waals surface area contributed by atoms with Gasteiger partial charge in [-0.1, -0.05) is 31.2 Å². The molecule has 1 aliphatic heterocycles. The summed E-state index contributed by atoms with van der Waals surface area (Å²) >= 11 is 0. The van der Waals surface area contributed by atoms with Gasteiger partial charge in [-0.15, -0.1) is 0 Å². The number of carbonyl (C=O) groups is 2. The standard InChI is InChI=1S/C19H20N2O5S/c1-2-27(24,25)17-10-6-3-7-14(17)20-18(22)11-12-21-15-8-4-5-9-16(15)26-13-19(21)23/h3-10H,2,11-13H2,1H3,(H,20,22). The van der Waals surface area contributed by atoms with Crippen molar-refractivity contribution in [3.05, 3.63) is 48.5 Å². The number of hydrogen-bond donors (Lipinski definition) is 1. The first-order valence-electron chi connectivity index (χ1n) is 8.56. The van der Waals surface area contributed by atoms with Crippen molar-refractivity contribution >= 4 is 33.0 Å². The number of nitrogens with zero attached hydrogens (tertiary/aromatic N) is 1. The average Bonchev–Trinajstić information content (AvgIpc) is 2.67. The van der Waals surface area contributed by atoms with Gasteiger partial charge in [-0.05, 0) is 24.3 Å². The Balaban J connectivity index is 1.71. The summed E-state index contributed by atoms with van der Waals surface area (Å²) in [4.78, 5) is 26.1. The minimum atomic E-state index is -3.45. The van der Waals surface area contributed by atoms with Crippen molar-refractivity contribution < 1.29 is 22.7 Å². The fourth-order valence-corrected chi connectivity index (χ4v) is 3.87. The Bertz CT molecular complexity index is 972. The van der Waals surface area contributed by atoms with E-state index < -0.39 is 9.84 Å². The van der Waals surface area contributed by atoms with Gasteiger partial charge in [0.1, 0.15) is 5.75 Å². The van der Waals surface area contributed by atoms with E-state index in [1.54, 1.807) is 43.3 Å². The molecule has 7 nitrogen and oxygen atoms in total. The van der Waals surface area contributed by atoms with Gasteiger partial charge in [-0.25, -0.2) is 8.42 Å². The van der Waals surface area contributed by atoms with Crippen molar-refractivity contribution in [3.63, 3.8) is 0 Å². The van der Waals surface area contributed by atoms with E-state index in [4.69, 9.17) is 4.74 Å². The second-order valence-corrected chi connectivity index (χ2v) is 8.25. The quantitative estimate of drug-likeness (QED) is 0.819. The minimum absolute atomic E-state index is 0.0284. The molecule has 0 spiro atoms. The number of benzene rings is 2. The number of fused-ring (bicyclic) bond motifs is 1. The number of nitrogens with one attached hydrogen (secondary N) is 1. The Kier molecular flexibility index (Phi) is 5.46. The van der Waals surface area contributed by atoms with Crippen LogP contribution in [0.15, 0.2) is 53.4 Å². The monoisotopic (exact) mass is 388 g/mol. The molecule has 0 aliphatic carbocycles. The molecule has 0 unspecified atom stereocenters. The maximum absolute atomic E-state index is 12.4. The van der Waals surface area contributed by atoms with Crippen LogP contribution in [0.1, 0.15) is 13.3 Å². The molecule has 0 saturated heterocycles. The van der Waals surface area contributed by atoms with E-state index in [9.17, 15) is 18.0 Å². The van der Waals surface area contributed by atoms with E-state index in [1.165, 1.54) is 11.0 Å². The van der Waals surface area contributed by atoms with Crippen molar-refractivity contribution in [2.24, 2.45) is 0 Å². The number of sulfone groups is 1. The van der Waals surface area contributed by atoms with E-state index in [-0.39, 0.29) is 47.7 Å². The molecule has 3 rings (SSSR count). The molecule has 0 radical (unpaired) electrons. The fraction of sp³-hybridized carbons (Fsp3) is 0.263. The van der Waals surface area contributed by atoms with Crippen LogP contribution < -0.4 is 15.0 Å². The fourth-order valence-electron chi connectivity index (χ4n) is 2.82. The molecule has 1 heterocycles. The van der Waals surface area contributed by atoms with Gasteiger partial charge >= 0.3 is 0 Å². The van der Waals surface area contributed by atoms with Crippen molar-refractivity contribution in [2.75, 3.05) is 29.1 Å². The van der Waals surface area contributed by atoms with Crippen LogP contribution in [0.4, 0.5) is 11.4 Å². The van der Waals surface area contributed by atoms with Gasteiger partial charge in [0.25, 0.3) is 5.91 Å². The molecule has 0 saturated carbocycles. The zero-order valence-electron chi connectivity index (χ0n) is 14.8. The summed E-state index contributed by atoms with van der Waals surface area (Å²) in [6.07, 6.45) is 0.0284. The van der Waals surface area contributed by atoms with Crippen LogP contribution in [0.3, 0.4) is 0 Å². The van der Waals surface area contributed by atoms with E-state index in [1.807, 2.05) is 6.07 Å². The summed E-state index contributed by atoms with van der Waals surface area (Å²) in [5.74, 6) is -0.0586. The molecular formula is C19H20N2O5S. The Morgan fingerprint density at radius 2 is 1.85 bits per heavy atom. The number of carbonyl (C=O) groups excluding carboxylic acids is 2. The zero-order valence-corrected chi connectivity index (χ0v) is 15.7. The normalized spacial score (nSPS) is 13.7.